The average Bonchev–Trinajstić information content (AvgIpc) is 0.771. The Kier molecular flexibility index (Phi) is 20.2. The van der Waals surface area contributed by atoms with Crippen molar-refractivity contribution < 1.29 is 103 Å². The Bertz CT molecular complexity index is 4360. The SMILES string of the molecule is CC(C)(C)OC(=O)N[C@@H](CO)c1ccc(O)c(Oc2cc(O)cc([C@@H]3NC(=O)[C@H](NC(=O)CCBr)Cc4ccc(c(Cl)c4)Oc4cc5cc(c4O)Oc4ccc(cc4Cl)[C@@H](O)[C@@H]4NC(=O)[C@H](NC(=O)[C@@H]5NC3=O)c3ccc(O)c(c3)-c3c(O)cc(O)cc3[C@@H](C(=O)O)NC4=O)c2)c1. The van der Waals surface area contributed by atoms with E-state index in [1.807, 2.05) is 0 Å². The molecule has 11 bridgehead atoms. The molecule has 16 N–H and O–H groups in total. The molecule has 5 aliphatic heterocycles. The van der Waals surface area contributed by atoms with E-state index < -0.39 is 171 Å². The van der Waals surface area contributed by atoms with Crippen LogP contribution in [0, 0.1) is 0 Å². The van der Waals surface area contributed by atoms with Crippen molar-refractivity contribution in [3.8, 4) is 80.1 Å². The number of aliphatic carboxylic acids is 1. The lowest BCUT2D eigenvalue weighted by Crippen LogP contribution is -2.55. The molecule has 7 aromatic rings. The number of halogens is 3. The molecule has 506 valence electrons. The first-order valence-electron chi connectivity index (χ1n) is 29.4. The van der Waals surface area contributed by atoms with Crippen LogP contribution in [0.3, 0.4) is 0 Å². The van der Waals surface area contributed by atoms with Crippen LogP contribution in [-0.4, -0.2) is 123 Å². The zero-order valence-corrected chi connectivity index (χ0v) is 54.1. The van der Waals surface area contributed by atoms with Gasteiger partial charge in [-0.1, -0.05) is 63.4 Å². The van der Waals surface area contributed by atoms with Gasteiger partial charge in [-0.2, -0.15) is 0 Å². The number of benzene rings is 7. The van der Waals surface area contributed by atoms with Gasteiger partial charge in [-0.25, -0.2) is 9.59 Å². The van der Waals surface area contributed by atoms with Crippen molar-refractivity contribution >= 4 is 86.6 Å². The largest absolute Gasteiger partial charge is 0.508 e. The number of aromatic hydroxyl groups is 6. The smallest absolute Gasteiger partial charge is 0.408 e. The maximum atomic E-state index is 15.9. The number of aliphatic hydroxyl groups excluding tert-OH is 2. The molecule has 0 radical (unpaired) electrons. The predicted octanol–water partition coefficient (Wildman–Crippen LogP) is 7.31. The summed E-state index contributed by atoms with van der Waals surface area (Å²) < 4.78 is 23.9. The third-order valence-corrected chi connectivity index (χ3v) is 16.4. The molecule has 0 saturated carbocycles. The average molecular weight is 1440 g/mol. The van der Waals surface area contributed by atoms with Gasteiger partial charge in [0, 0.05) is 47.0 Å². The number of carboxylic acid groups (broad SMARTS) is 1. The normalized spacial score (nSPS) is 19.8. The maximum absolute atomic E-state index is 15.9. The lowest BCUT2D eigenvalue weighted by Gasteiger charge is -2.31. The summed E-state index contributed by atoms with van der Waals surface area (Å²) in [6, 6.07) is 7.97. The van der Waals surface area contributed by atoms with Crippen molar-refractivity contribution in [2.45, 2.75) is 87.6 Å². The van der Waals surface area contributed by atoms with Crippen molar-refractivity contribution in [2.75, 3.05) is 11.9 Å². The molecule has 7 aromatic carbocycles. The molecule has 31 heteroatoms. The van der Waals surface area contributed by atoms with Gasteiger partial charge < -0.3 is 102 Å². The number of hydrogen-bond donors (Lipinski definition) is 16. The Labute approximate surface area is 568 Å². The Balaban J connectivity index is 1.17. The van der Waals surface area contributed by atoms with Crippen LogP contribution < -0.4 is 51.4 Å². The zero-order valence-electron chi connectivity index (χ0n) is 51.0. The molecule has 0 unspecified atom stereocenters. The van der Waals surface area contributed by atoms with E-state index in [4.69, 9.17) is 42.1 Å². The first-order valence-corrected chi connectivity index (χ1v) is 31.3. The summed E-state index contributed by atoms with van der Waals surface area (Å²) in [5.41, 5.74) is -3.12. The third kappa shape index (κ3) is 15.5. The number of ether oxygens (including phenoxy) is 4. The predicted molar refractivity (Wildman–Crippen MR) is 346 cm³/mol. The first-order chi connectivity index (χ1) is 45.9. The Morgan fingerprint density at radius 2 is 1.24 bits per heavy atom. The molecular formula is C66H60BrCl2N7O21. The highest BCUT2D eigenvalue weighted by Crippen LogP contribution is 2.48. The fraction of sp³-hybridized carbons (Fsp3) is 0.242. The van der Waals surface area contributed by atoms with Crippen LogP contribution >= 0.6 is 39.1 Å². The van der Waals surface area contributed by atoms with Crippen molar-refractivity contribution in [1.82, 2.24) is 37.2 Å². The lowest BCUT2D eigenvalue weighted by molar-refractivity contribution is -0.143. The number of amides is 7. The maximum Gasteiger partial charge on any atom is 0.408 e. The van der Waals surface area contributed by atoms with Crippen molar-refractivity contribution in [1.29, 1.82) is 0 Å². The molecule has 12 rings (SSSR count). The van der Waals surface area contributed by atoms with Crippen molar-refractivity contribution in [2.24, 2.45) is 0 Å². The molecule has 8 atom stereocenters. The van der Waals surface area contributed by atoms with Gasteiger partial charge in [0.25, 0.3) is 0 Å². The number of carboxylic acids is 1. The molecule has 5 aliphatic rings. The van der Waals surface area contributed by atoms with Crippen molar-refractivity contribution in [3.05, 3.63) is 164 Å². The molecule has 0 fully saturated rings. The summed E-state index contributed by atoms with van der Waals surface area (Å²) in [6.45, 7) is 4.21. The number of alkyl carbamates (subject to hydrolysis) is 1. The van der Waals surface area contributed by atoms with Gasteiger partial charge in [0.1, 0.15) is 82.2 Å². The summed E-state index contributed by atoms with van der Waals surface area (Å²) in [5.74, 6) is -15.4. The fourth-order valence-corrected chi connectivity index (χ4v) is 11.7. The van der Waals surface area contributed by atoms with E-state index in [0.717, 1.165) is 66.7 Å². The second-order valence-electron chi connectivity index (χ2n) is 23.5. The van der Waals surface area contributed by atoms with Crippen LogP contribution in [0.15, 0.2) is 115 Å². The Hall–Kier alpha value is -10.7. The van der Waals surface area contributed by atoms with Gasteiger partial charge in [-0.3, -0.25) is 28.8 Å². The number of phenols is 6. The lowest BCUT2D eigenvalue weighted by atomic mass is 9.89. The Morgan fingerprint density at radius 1 is 0.639 bits per heavy atom. The van der Waals surface area contributed by atoms with E-state index in [0.29, 0.717) is 5.56 Å². The number of phenolic OH excluding ortho intramolecular Hbond substituents is 6. The number of nitrogens with one attached hydrogen (secondary N) is 7. The molecule has 0 saturated heterocycles. The summed E-state index contributed by atoms with van der Waals surface area (Å²) >= 11 is 16.9. The number of hydrogen-bond acceptors (Lipinski definition) is 20. The van der Waals surface area contributed by atoms with E-state index in [1.165, 1.54) is 48.5 Å². The summed E-state index contributed by atoms with van der Waals surface area (Å²) in [6.07, 6.45) is -3.53. The first kappa shape index (κ1) is 69.1. The summed E-state index contributed by atoms with van der Waals surface area (Å²) in [7, 11) is 0. The minimum atomic E-state index is -2.23. The molecule has 0 aliphatic carbocycles. The van der Waals surface area contributed by atoms with E-state index >= 15 is 19.2 Å². The summed E-state index contributed by atoms with van der Waals surface area (Å²) in [4.78, 5) is 116. The number of carbonyl (C=O) groups is 8. The number of alkyl halides is 1. The molecule has 0 aromatic heterocycles. The van der Waals surface area contributed by atoms with Gasteiger partial charge in [0.2, 0.25) is 41.2 Å². The monoisotopic (exact) mass is 1440 g/mol. The second kappa shape index (κ2) is 28.3. The molecular weight excluding hydrogens is 1380 g/mol. The summed E-state index contributed by atoms with van der Waals surface area (Å²) in [5, 5.41) is 119. The highest BCUT2D eigenvalue weighted by Gasteiger charge is 2.41. The fourth-order valence-electron chi connectivity index (χ4n) is 10.9. The molecule has 28 nitrogen and oxygen atoms in total. The highest BCUT2D eigenvalue weighted by atomic mass is 79.9. The minimum Gasteiger partial charge on any atom is -0.508 e. The molecule has 5 heterocycles. The van der Waals surface area contributed by atoms with Crippen LogP contribution in [0.5, 0.6) is 69.0 Å². The van der Waals surface area contributed by atoms with Crippen LogP contribution in [0.4, 0.5) is 4.79 Å². The van der Waals surface area contributed by atoms with E-state index in [9.17, 15) is 65.1 Å². The van der Waals surface area contributed by atoms with E-state index in [2.05, 4.69) is 53.1 Å². The van der Waals surface area contributed by atoms with Gasteiger partial charge in [-0.05, 0) is 133 Å². The van der Waals surface area contributed by atoms with Gasteiger partial charge in [0.05, 0.1) is 22.7 Å². The molecule has 0 spiro atoms. The Morgan fingerprint density at radius 3 is 1.87 bits per heavy atom. The number of aliphatic hydroxyl groups is 2. The second-order valence-corrected chi connectivity index (χ2v) is 25.1. The minimum absolute atomic E-state index is 0.134. The van der Waals surface area contributed by atoms with Crippen LogP contribution in [0.1, 0.15) is 102 Å². The van der Waals surface area contributed by atoms with Crippen LogP contribution in [0.2, 0.25) is 10.0 Å². The molecule has 7 amide bonds. The number of rotatable bonds is 10. The van der Waals surface area contributed by atoms with Gasteiger partial charge in [-0.15, -0.1) is 0 Å². The van der Waals surface area contributed by atoms with Crippen molar-refractivity contribution in [3.63, 3.8) is 0 Å². The van der Waals surface area contributed by atoms with Crippen LogP contribution in [0.25, 0.3) is 11.1 Å². The number of carbonyl (C=O) groups excluding carboxylic acids is 7. The van der Waals surface area contributed by atoms with E-state index in [1.54, 1.807) is 20.8 Å². The van der Waals surface area contributed by atoms with Gasteiger partial charge in [0.15, 0.2) is 29.0 Å². The van der Waals surface area contributed by atoms with Crippen LogP contribution in [-0.2, 0) is 44.7 Å². The topological polar surface area (TPSA) is 440 Å². The van der Waals surface area contributed by atoms with E-state index in [-0.39, 0.29) is 79.0 Å². The molecule has 97 heavy (non-hydrogen) atoms. The quantitative estimate of drug-likeness (QED) is 0.0596. The third-order valence-electron chi connectivity index (χ3n) is 15.4. The highest BCUT2D eigenvalue weighted by molar-refractivity contribution is 9.09. The van der Waals surface area contributed by atoms with Gasteiger partial charge >= 0.3 is 12.1 Å². The zero-order chi connectivity index (χ0) is 70.1. The standard InChI is InChI=1S/C66H60BrCl2N7O21/c1-66(2,3)97-65(93)71-41(26-77)28-5-9-43(81)47(20-28)94-35-17-31(16-33(78)23-35)53-61(88)74-54-32-21-48(95-45-10-4-27(14-38(45)68)15-40(59(86)72-53)70-50(83)12-13-67)58(85)49(22-32)96-46-11-7-30(19-39(46)69)57(84)56-63(90)75-55(64(91)92)37-24-34(79)25-44(82)51(37)36-18-29(6-8-42(36)80)52(60(87)76-56)73-62(54)89/h4-11,14,16-25,40-41,52-57,77-82,84-85H,12-13,15,26H2,1-3H3,(H,70,83)(H,71,93)(H,72,86)(H,73,89)(H,74,88)(H,75,90)(H,76,87)(H,91,92)/t40-,41+,52-,53+,54-,55+,56+,57-/m1/s1. The number of fused-ring (bicyclic) bond motifs is 15.